The van der Waals surface area contributed by atoms with E-state index in [9.17, 15) is 4.79 Å². The standard InChI is InChI=1S/C14H20O/c1-4-5-12-6-8-13(9-7-12)14(15)10-11(2)3/h6-9,11H,4-5,10H2,1-3H3. The molecule has 0 N–H and O–H groups in total. The molecule has 0 heterocycles. The molecule has 0 aromatic heterocycles. The van der Waals surface area contributed by atoms with E-state index in [-0.39, 0.29) is 5.78 Å². The van der Waals surface area contributed by atoms with E-state index in [0.717, 1.165) is 18.4 Å². The van der Waals surface area contributed by atoms with E-state index in [1.165, 1.54) is 5.56 Å². The van der Waals surface area contributed by atoms with Gasteiger partial charge in [0.25, 0.3) is 0 Å². The summed E-state index contributed by atoms with van der Waals surface area (Å²) in [5.41, 5.74) is 2.17. The van der Waals surface area contributed by atoms with Gasteiger partial charge in [0, 0.05) is 12.0 Å². The molecule has 1 heteroatoms. The first-order valence-corrected chi connectivity index (χ1v) is 5.75. The van der Waals surface area contributed by atoms with Gasteiger partial charge in [-0.15, -0.1) is 0 Å². The second-order valence-electron chi connectivity index (χ2n) is 4.47. The molecule has 0 fully saturated rings. The van der Waals surface area contributed by atoms with E-state index >= 15 is 0 Å². The van der Waals surface area contributed by atoms with Crippen LogP contribution in [0.15, 0.2) is 24.3 Å². The zero-order valence-corrected chi connectivity index (χ0v) is 9.92. The van der Waals surface area contributed by atoms with Gasteiger partial charge in [-0.1, -0.05) is 51.5 Å². The van der Waals surface area contributed by atoms with Crippen LogP contribution in [0, 0.1) is 5.92 Å². The minimum atomic E-state index is 0.257. The first-order chi connectivity index (χ1) is 7.13. The number of ketones is 1. The van der Waals surface area contributed by atoms with Crippen LogP contribution in [0.2, 0.25) is 0 Å². The summed E-state index contributed by atoms with van der Waals surface area (Å²) in [6.45, 7) is 6.31. The number of benzene rings is 1. The molecule has 15 heavy (non-hydrogen) atoms. The van der Waals surface area contributed by atoms with Crippen molar-refractivity contribution in [2.75, 3.05) is 0 Å². The Morgan fingerprint density at radius 1 is 1.20 bits per heavy atom. The Morgan fingerprint density at radius 2 is 1.80 bits per heavy atom. The zero-order chi connectivity index (χ0) is 11.3. The van der Waals surface area contributed by atoms with Crippen LogP contribution in [0.5, 0.6) is 0 Å². The van der Waals surface area contributed by atoms with Crippen molar-refractivity contribution in [3.8, 4) is 0 Å². The minimum Gasteiger partial charge on any atom is -0.294 e. The number of aryl methyl sites for hydroxylation is 1. The van der Waals surface area contributed by atoms with Gasteiger partial charge in [0.2, 0.25) is 0 Å². The van der Waals surface area contributed by atoms with Crippen molar-refractivity contribution < 1.29 is 4.79 Å². The smallest absolute Gasteiger partial charge is 0.163 e. The summed E-state index contributed by atoms with van der Waals surface area (Å²) in [5, 5.41) is 0. The molecule has 0 unspecified atom stereocenters. The Labute approximate surface area is 92.5 Å². The molecule has 1 aromatic carbocycles. The average molecular weight is 204 g/mol. The van der Waals surface area contributed by atoms with Gasteiger partial charge < -0.3 is 0 Å². The third-order valence-electron chi connectivity index (χ3n) is 2.41. The lowest BCUT2D eigenvalue weighted by molar-refractivity contribution is 0.0968. The van der Waals surface area contributed by atoms with E-state index in [0.29, 0.717) is 12.3 Å². The van der Waals surface area contributed by atoms with Gasteiger partial charge >= 0.3 is 0 Å². The number of carbonyl (C=O) groups is 1. The molecule has 0 saturated carbocycles. The Morgan fingerprint density at radius 3 is 2.27 bits per heavy atom. The molecule has 0 bridgehead atoms. The van der Waals surface area contributed by atoms with Gasteiger partial charge in [-0.3, -0.25) is 4.79 Å². The van der Waals surface area contributed by atoms with Crippen LogP contribution in [-0.2, 0) is 6.42 Å². The second-order valence-corrected chi connectivity index (χ2v) is 4.47. The van der Waals surface area contributed by atoms with Crippen molar-refractivity contribution in [3.05, 3.63) is 35.4 Å². The predicted octanol–water partition coefficient (Wildman–Crippen LogP) is 3.87. The molecular weight excluding hydrogens is 184 g/mol. The number of hydrogen-bond acceptors (Lipinski definition) is 1. The molecule has 1 rings (SSSR count). The fourth-order valence-corrected chi connectivity index (χ4v) is 1.63. The molecule has 0 radical (unpaired) electrons. The maximum atomic E-state index is 11.7. The number of carbonyl (C=O) groups excluding carboxylic acids is 1. The molecule has 0 aliphatic carbocycles. The van der Waals surface area contributed by atoms with Crippen molar-refractivity contribution in [3.63, 3.8) is 0 Å². The summed E-state index contributed by atoms with van der Waals surface area (Å²) >= 11 is 0. The Hall–Kier alpha value is -1.11. The highest BCUT2D eigenvalue weighted by Gasteiger charge is 2.07. The highest BCUT2D eigenvalue weighted by Crippen LogP contribution is 2.11. The first-order valence-electron chi connectivity index (χ1n) is 5.75. The van der Waals surface area contributed by atoms with Crippen molar-refractivity contribution in [1.29, 1.82) is 0 Å². The van der Waals surface area contributed by atoms with Crippen LogP contribution in [0.25, 0.3) is 0 Å². The fraction of sp³-hybridized carbons (Fsp3) is 0.500. The number of hydrogen-bond donors (Lipinski definition) is 0. The molecule has 0 saturated heterocycles. The quantitative estimate of drug-likeness (QED) is 0.665. The fourth-order valence-electron chi connectivity index (χ4n) is 1.63. The second kappa shape index (κ2) is 5.69. The lowest BCUT2D eigenvalue weighted by Crippen LogP contribution is -2.03. The summed E-state index contributed by atoms with van der Waals surface area (Å²) in [6, 6.07) is 8.04. The molecule has 1 nitrogen and oxygen atoms in total. The molecule has 0 amide bonds. The Balaban J connectivity index is 2.67. The average Bonchev–Trinajstić information content (AvgIpc) is 2.18. The van der Waals surface area contributed by atoms with Crippen molar-refractivity contribution >= 4 is 5.78 Å². The molecule has 0 spiro atoms. The predicted molar refractivity (Wildman–Crippen MR) is 64.2 cm³/mol. The van der Waals surface area contributed by atoms with Gasteiger partial charge in [-0.2, -0.15) is 0 Å². The largest absolute Gasteiger partial charge is 0.294 e. The molecule has 0 aliphatic rings. The maximum Gasteiger partial charge on any atom is 0.163 e. The van der Waals surface area contributed by atoms with E-state index < -0.39 is 0 Å². The van der Waals surface area contributed by atoms with Crippen LogP contribution in [0.3, 0.4) is 0 Å². The summed E-state index contributed by atoms with van der Waals surface area (Å²) in [4.78, 5) is 11.7. The molecule has 0 atom stereocenters. The van der Waals surface area contributed by atoms with Crippen molar-refractivity contribution in [1.82, 2.24) is 0 Å². The van der Waals surface area contributed by atoms with Crippen LogP contribution < -0.4 is 0 Å². The SMILES string of the molecule is CCCc1ccc(C(=O)CC(C)C)cc1. The number of rotatable bonds is 5. The summed E-state index contributed by atoms with van der Waals surface area (Å²) < 4.78 is 0. The van der Waals surface area contributed by atoms with E-state index in [2.05, 4.69) is 32.9 Å². The Bertz CT molecular complexity index is 309. The normalized spacial score (nSPS) is 10.7. The molecule has 0 aliphatic heterocycles. The molecule has 1 aromatic rings. The highest BCUT2D eigenvalue weighted by atomic mass is 16.1. The van der Waals surface area contributed by atoms with E-state index in [4.69, 9.17) is 0 Å². The summed E-state index contributed by atoms with van der Waals surface area (Å²) in [6.07, 6.45) is 2.89. The number of Topliss-reactive ketones (excluding diaryl/α,β-unsaturated/α-hetero) is 1. The third-order valence-corrected chi connectivity index (χ3v) is 2.41. The lowest BCUT2D eigenvalue weighted by Gasteiger charge is -2.05. The summed E-state index contributed by atoms with van der Waals surface area (Å²) in [7, 11) is 0. The monoisotopic (exact) mass is 204 g/mol. The van der Waals surface area contributed by atoms with Crippen molar-refractivity contribution in [2.24, 2.45) is 5.92 Å². The van der Waals surface area contributed by atoms with E-state index in [1.807, 2.05) is 12.1 Å². The maximum absolute atomic E-state index is 11.7. The van der Waals surface area contributed by atoms with Crippen LogP contribution in [-0.4, -0.2) is 5.78 Å². The van der Waals surface area contributed by atoms with E-state index in [1.54, 1.807) is 0 Å². The summed E-state index contributed by atoms with van der Waals surface area (Å²) in [5.74, 6) is 0.695. The minimum absolute atomic E-state index is 0.257. The van der Waals surface area contributed by atoms with Crippen LogP contribution in [0.4, 0.5) is 0 Å². The Kier molecular flexibility index (Phi) is 4.54. The van der Waals surface area contributed by atoms with Gasteiger partial charge in [0.1, 0.15) is 0 Å². The molecule has 82 valence electrons. The zero-order valence-electron chi connectivity index (χ0n) is 9.92. The van der Waals surface area contributed by atoms with Crippen molar-refractivity contribution in [2.45, 2.75) is 40.0 Å². The van der Waals surface area contributed by atoms with Gasteiger partial charge in [0.15, 0.2) is 5.78 Å². The lowest BCUT2D eigenvalue weighted by atomic mass is 9.99. The third kappa shape index (κ3) is 3.86. The topological polar surface area (TPSA) is 17.1 Å². The van der Waals surface area contributed by atoms with Crippen LogP contribution in [0.1, 0.15) is 49.5 Å². The van der Waals surface area contributed by atoms with Gasteiger partial charge in [-0.05, 0) is 17.9 Å². The van der Waals surface area contributed by atoms with Gasteiger partial charge in [0.05, 0.1) is 0 Å². The molecular formula is C14H20O. The van der Waals surface area contributed by atoms with Crippen LogP contribution >= 0.6 is 0 Å². The first kappa shape index (κ1) is 12.0. The highest BCUT2D eigenvalue weighted by molar-refractivity contribution is 5.96. The van der Waals surface area contributed by atoms with Gasteiger partial charge in [-0.25, -0.2) is 0 Å².